The molecule has 0 aliphatic heterocycles. The van der Waals surface area contributed by atoms with Crippen LogP contribution in [0.1, 0.15) is 53.8 Å². The first-order valence-electron chi connectivity index (χ1n) is 14.4. The quantitative estimate of drug-likeness (QED) is 0.177. The van der Waals surface area contributed by atoms with E-state index < -0.39 is 39.9 Å². The number of hydrogen-bond acceptors (Lipinski definition) is 5. The first-order valence-corrected chi connectivity index (χ1v) is 16.3. The number of anilines is 1. The van der Waals surface area contributed by atoms with E-state index >= 15 is 0 Å². The molecule has 2 amide bonds. The van der Waals surface area contributed by atoms with Gasteiger partial charge in [-0.05, 0) is 67.3 Å². The topological polar surface area (TPSA) is 109 Å². The molecule has 45 heavy (non-hydrogen) atoms. The van der Waals surface area contributed by atoms with Gasteiger partial charge in [0, 0.05) is 41.7 Å². The van der Waals surface area contributed by atoms with E-state index in [1.165, 1.54) is 37.4 Å². The van der Waals surface area contributed by atoms with E-state index in [1.54, 1.807) is 30.3 Å². The number of rotatable bonds is 12. The molecular formula is C34H35F2N3O5S. The molecule has 0 saturated carbocycles. The zero-order chi connectivity index (χ0) is 32.9. The van der Waals surface area contributed by atoms with Crippen LogP contribution >= 0.6 is 0 Å². The summed E-state index contributed by atoms with van der Waals surface area (Å²) in [5.74, 6) is 1.46. The Bertz CT molecular complexity index is 1870. The Balaban J connectivity index is 2.01. The molecule has 11 heteroatoms. The molecule has 0 spiro atoms. The van der Waals surface area contributed by atoms with Crippen LogP contribution in [0.4, 0.5) is 14.5 Å². The average molecular weight is 636 g/mol. The van der Waals surface area contributed by atoms with Crippen LogP contribution < -0.4 is 14.9 Å². The minimum absolute atomic E-state index is 0.0718. The number of carbonyl (C=O) groups excluding carboxylic acids is 2. The summed E-state index contributed by atoms with van der Waals surface area (Å²) in [5, 5.41) is 5.89. The molecule has 0 radical (unpaired) electrons. The van der Waals surface area contributed by atoms with E-state index in [2.05, 4.69) is 16.6 Å². The van der Waals surface area contributed by atoms with Crippen molar-refractivity contribution in [2.24, 2.45) is 0 Å². The normalized spacial score (nSPS) is 11.7. The Hall–Kier alpha value is -4.69. The van der Waals surface area contributed by atoms with E-state index in [0.29, 0.717) is 34.9 Å². The molecule has 0 atom stereocenters. The fourth-order valence-electron chi connectivity index (χ4n) is 5.18. The SMILES string of the molecule is C#CC(CC)(CC)NC(=O)c1cccc(-c2cc3c(C(=O)NC)c(-c4ccc(F)cc4)oc3cc2N(CCCF)S(C)(=O)=O)c1. The number of benzene rings is 3. The van der Waals surface area contributed by atoms with E-state index in [0.717, 1.165) is 10.6 Å². The van der Waals surface area contributed by atoms with Crippen molar-refractivity contribution in [1.82, 2.24) is 10.6 Å². The first-order chi connectivity index (χ1) is 21.4. The highest BCUT2D eigenvalue weighted by Gasteiger charge is 2.29. The van der Waals surface area contributed by atoms with Crippen molar-refractivity contribution in [1.29, 1.82) is 0 Å². The minimum Gasteiger partial charge on any atom is -0.455 e. The van der Waals surface area contributed by atoms with Crippen LogP contribution in [-0.2, 0) is 10.0 Å². The predicted octanol–water partition coefficient (Wildman–Crippen LogP) is 6.31. The lowest BCUT2D eigenvalue weighted by molar-refractivity contribution is 0.0915. The lowest BCUT2D eigenvalue weighted by Crippen LogP contribution is -2.46. The molecule has 4 rings (SSSR count). The summed E-state index contributed by atoms with van der Waals surface area (Å²) < 4.78 is 60.4. The number of furan rings is 1. The Morgan fingerprint density at radius 1 is 1.02 bits per heavy atom. The average Bonchev–Trinajstić information content (AvgIpc) is 3.41. The van der Waals surface area contributed by atoms with Crippen molar-refractivity contribution >= 4 is 38.5 Å². The zero-order valence-electron chi connectivity index (χ0n) is 25.5. The summed E-state index contributed by atoms with van der Waals surface area (Å²) in [6, 6.07) is 15.1. The Morgan fingerprint density at radius 2 is 1.71 bits per heavy atom. The molecule has 0 unspecified atom stereocenters. The highest BCUT2D eigenvalue weighted by molar-refractivity contribution is 7.92. The van der Waals surface area contributed by atoms with Crippen LogP contribution in [-0.4, -0.2) is 52.3 Å². The van der Waals surface area contributed by atoms with E-state index in [9.17, 15) is 26.8 Å². The number of terminal acetylenes is 1. The van der Waals surface area contributed by atoms with E-state index in [1.807, 2.05) is 13.8 Å². The van der Waals surface area contributed by atoms with Crippen molar-refractivity contribution in [2.45, 2.75) is 38.6 Å². The van der Waals surface area contributed by atoms with Gasteiger partial charge in [0.15, 0.2) is 0 Å². The minimum atomic E-state index is -3.93. The van der Waals surface area contributed by atoms with Crippen LogP contribution in [0.25, 0.3) is 33.4 Å². The van der Waals surface area contributed by atoms with Crippen LogP contribution in [0.3, 0.4) is 0 Å². The molecular weight excluding hydrogens is 600 g/mol. The van der Waals surface area contributed by atoms with Gasteiger partial charge in [0.05, 0.1) is 24.2 Å². The number of carbonyl (C=O) groups is 2. The van der Waals surface area contributed by atoms with Crippen molar-refractivity contribution < 1.29 is 31.2 Å². The van der Waals surface area contributed by atoms with Gasteiger partial charge in [0.1, 0.15) is 22.7 Å². The second kappa shape index (κ2) is 13.5. The van der Waals surface area contributed by atoms with Crippen molar-refractivity contribution in [3.8, 4) is 34.8 Å². The van der Waals surface area contributed by atoms with Crippen molar-refractivity contribution in [3.63, 3.8) is 0 Å². The standard InChI is InChI=1S/C34H35F2N3O5S/c1-6-34(7-2,8-3)38-32(40)24-12-9-11-23(19-24)26-20-27-29(21-28(26)39(18-10-17-35)45(5,42)43)44-31(30(27)33(41)37-4)22-13-15-25(36)16-14-22/h1,9,11-16,19-21H,7-8,10,17-18H2,2-5H3,(H,37,41)(H,38,40). The van der Waals surface area contributed by atoms with Crippen molar-refractivity contribution in [2.75, 3.05) is 30.8 Å². The molecule has 0 bridgehead atoms. The molecule has 4 aromatic rings. The lowest BCUT2D eigenvalue weighted by Gasteiger charge is -2.27. The van der Waals surface area contributed by atoms with Gasteiger partial charge >= 0.3 is 0 Å². The molecule has 1 heterocycles. The molecule has 0 saturated heterocycles. The summed E-state index contributed by atoms with van der Waals surface area (Å²) in [7, 11) is -2.47. The van der Waals surface area contributed by atoms with Gasteiger partial charge in [0.25, 0.3) is 11.8 Å². The molecule has 236 valence electrons. The summed E-state index contributed by atoms with van der Waals surface area (Å²) in [4.78, 5) is 26.6. The fourth-order valence-corrected chi connectivity index (χ4v) is 6.15. The summed E-state index contributed by atoms with van der Waals surface area (Å²) in [5.41, 5.74) is 1.17. The molecule has 8 nitrogen and oxygen atoms in total. The van der Waals surface area contributed by atoms with Gasteiger partial charge in [-0.2, -0.15) is 0 Å². The summed E-state index contributed by atoms with van der Waals surface area (Å²) in [6.07, 6.45) is 7.73. The smallest absolute Gasteiger partial charge is 0.255 e. The van der Waals surface area contributed by atoms with Crippen LogP contribution in [0.15, 0.2) is 65.1 Å². The van der Waals surface area contributed by atoms with Gasteiger partial charge in [-0.3, -0.25) is 18.3 Å². The largest absolute Gasteiger partial charge is 0.455 e. The van der Waals surface area contributed by atoms with Crippen LogP contribution in [0.5, 0.6) is 0 Å². The van der Waals surface area contributed by atoms with Crippen molar-refractivity contribution in [3.05, 3.63) is 77.6 Å². The highest BCUT2D eigenvalue weighted by atomic mass is 32.2. The van der Waals surface area contributed by atoms with Gasteiger partial charge in [-0.15, -0.1) is 6.42 Å². The molecule has 0 aliphatic rings. The van der Waals surface area contributed by atoms with E-state index in [-0.39, 0.29) is 41.1 Å². The molecule has 3 aromatic carbocycles. The van der Waals surface area contributed by atoms with Gasteiger partial charge in [-0.1, -0.05) is 31.9 Å². The van der Waals surface area contributed by atoms with Gasteiger partial charge < -0.3 is 15.1 Å². The number of nitrogens with zero attached hydrogens (tertiary/aromatic N) is 1. The summed E-state index contributed by atoms with van der Waals surface area (Å²) >= 11 is 0. The Kier molecular flexibility index (Phi) is 9.98. The summed E-state index contributed by atoms with van der Waals surface area (Å²) in [6.45, 7) is 2.85. The number of sulfonamides is 1. The maximum Gasteiger partial charge on any atom is 0.255 e. The number of nitrogens with one attached hydrogen (secondary N) is 2. The maximum atomic E-state index is 13.7. The van der Waals surface area contributed by atoms with E-state index in [4.69, 9.17) is 10.8 Å². The first kappa shape index (κ1) is 33.2. The lowest BCUT2D eigenvalue weighted by atomic mass is 9.93. The molecule has 2 N–H and O–H groups in total. The third-order valence-electron chi connectivity index (χ3n) is 7.80. The molecule has 0 aliphatic carbocycles. The zero-order valence-corrected chi connectivity index (χ0v) is 26.4. The Morgan fingerprint density at radius 3 is 2.29 bits per heavy atom. The van der Waals surface area contributed by atoms with Gasteiger partial charge in [0.2, 0.25) is 10.0 Å². The highest BCUT2D eigenvalue weighted by Crippen LogP contribution is 2.42. The molecule has 1 aromatic heterocycles. The third kappa shape index (κ3) is 6.86. The fraction of sp³-hybridized carbons (Fsp3) is 0.294. The molecule has 0 fully saturated rings. The van der Waals surface area contributed by atoms with Crippen LogP contribution in [0, 0.1) is 18.2 Å². The number of hydrogen-bond donors (Lipinski definition) is 2. The second-order valence-electron chi connectivity index (χ2n) is 10.6. The predicted molar refractivity (Wildman–Crippen MR) is 173 cm³/mol. The maximum absolute atomic E-state index is 13.7. The number of alkyl halides is 1. The Labute approximate surface area is 261 Å². The number of fused-ring (bicyclic) bond motifs is 1. The van der Waals surface area contributed by atoms with Gasteiger partial charge in [-0.25, -0.2) is 12.8 Å². The third-order valence-corrected chi connectivity index (χ3v) is 8.98. The second-order valence-corrected chi connectivity index (χ2v) is 12.5. The number of halogens is 2. The van der Waals surface area contributed by atoms with Crippen LogP contribution in [0.2, 0.25) is 0 Å². The number of amides is 2. The monoisotopic (exact) mass is 635 g/mol.